The molecule has 0 atom stereocenters. The monoisotopic (exact) mass is 491 g/mol. The molecule has 2 fully saturated rings. The van der Waals surface area contributed by atoms with Crippen molar-refractivity contribution in [2.75, 3.05) is 24.5 Å². The number of hydrogen-bond acceptors (Lipinski definition) is 6. The molecule has 0 amide bonds. The first kappa shape index (κ1) is 22.4. The molecule has 9 heteroatoms. The van der Waals surface area contributed by atoms with E-state index < -0.39 is 5.67 Å². The van der Waals surface area contributed by atoms with Gasteiger partial charge < -0.3 is 4.90 Å². The summed E-state index contributed by atoms with van der Waals surface area (Å²) in [6.45, 7) is 5.22. The Kier molecular flexibility index (Phi) is 5.50. The molecule has 0 bridgehead atoms. The number of nitriles is 1. The maximum Gasteiger partial charge on any atom is 0.151 e. The number of benzene rings is 1. The number of anilines is 1. The first-order valence-electron chi connectivity index (χ1n) is 12.2. The molecule has 6 rings (SSSR count). The summed E-state index contributed by atoms with van der Waals surface area (Å²) in [5.41, 5.74) is 2.43. The van der Waals surface area contributed by atoms with Crippen molar-refractivity contribution < 1.29 is 4.39 Å². The van der Waals surface area contributed by atoms with Gasteiger partial charge in [-0.1, -0.05) is 11.6 Å². The van der Waals surface area contributed by atoms with Crippen molar-refractivity contribution in [3.63, 3.8) is 0 Å². The summed E-state index contributed by atoms with van der Waals surface area (Å²) in [5, 5.41) is 19.1. The molecule has 2 aliphatic heterocycles. The minimum absolute atomic E-state index is 0.262. The summed E-state index contributed by atoms with van der Waals surface area (Å²) in [6.07, 6.45) is 3.13. The summed E-state index contributed by atoms with van der Waals surface area (Å²) in [5.74, 6) is 3.00. The minimum atomic E-state index is -1.07. The van der Waals surface area contributed by atoms with E-state index in [9.17, 15) is 9.65 Å². The number of aryl methyl sites for hydroxylation is 1. The fourth-order valence-electron chi connectivity index (χ4n) is 5.37. The lowest BCUT2D eigenvalue weighted by atomic mass is 9.95. The standard InChI is InChI=1S/C26H27ClFN7/c1-17-19(13-29)2-5-23(30-17)34-10-6-18(7-11-34)25-32-31-24-15-33(16-26(28)8-9-26)14-20-12-21(27)3-4-22(20)35(24)25/h2-5,12,18H,6-11,14-16H2,1H3. The van der Waals surface area contributed by atoms with E-state index in [1.54, 1.807) is 0 Å². The van der Waals surface area contributed by atoms with Gasteiger partial charge in [0.1, 0.15) is 23.4 Å². The number of fused-ring (bicyclic) bond motifs is 3. The first-order valence-corrected chi connectivity index (χ1v) is 12.6. The second-order valence-electron chi connectivity index (χ2n) is 10.1. The van der Waals surface area contributed by atoms with Gasteiger partial charge in [0.05, 0.1) is 23.5 Å². The van der Waals surface area contributed by atoms with Crippen molar-refractivity contribution in [2.45, 2.75) is 57.3 Å². The van der Waals surface area contributed by atoms with Gasteiger partial charge in [0.25, 0.3) is 0 Å². The topological polar surface area (TPSA) is 73.9 Å². The van der Waals surface area contributed by atoms with Gasteiger partial charge in [0.15, 0.2) is 5.82 Å². The van der Waals surface area contributed by atoms with Gasteiger partial charge in [-0.05, 0) is 68.5 Å². The highest BCUT2D eigenvalue weighted by Gasteiger charge is 2.45. The largest absolute Gasteiger partial charge is 0.357 e. The number of pyridine rings is 1. The SMILES string of the molecule is Cc1nc(N2CCC(c3nnc4n3-c3ccc(Cl)cc3CN(CC3(F)CC3)C4)CC2)ccc1C#N. The minimum Gasteiger partial charge on any atom is -0.357 e. The Bertz CT molecular complexity index is 1320. The molecule has 3 aromatic rings. The van der Waals surface area contributed by atoms with Crippen LogP contribution in [0.2, 0.25) is 5.02 Å². The van der Waals surface area contributed by atoms with Crippen LogP contribution in [0, 0.1) is 18.3 Å². The van der Waals surface area contributed by atoms with Crippen molar-refractivity contribution in [3.8, 4) is 11.8 Å². The number of halogens is 2. The lowest BCUT2D eigenvalue weighted by Crippen LogP contribution is -2.34. The number of hydrogen-bond donors (Lipinski definition) is 0. The van der Waals surface area contributed by atoms with Crippen LogP contribution in [0.4, 0.5) is 10.2 Å². The normalized spacial score (nSPS) is 19.5. The van der Waals surface area contributed by atoms with Crippen LogP contribution < -0.4 is 4.90 Å². The van der Waals surface area contributed by atoms with Crippen LogP contribution in [0.5, 0.6) is 0 Å². The van der Waals surface area contributed by atoms with Crippen molar-refractivity contribution in [3.05, 3.63) is 63.8 Å². The highest BCUT2D eigenvalue weighted by atomic mass is 35.5. The predicted octanol–water partition coefficient (Wildman–Crippen LogP) is 4.70. The Morgan fingerprint density at radius 1 is 1.14 bits per heavy atom. The smallest absolute Gasteiger partial charge is 0.151 e. The van der Waals surface area contributed by atoms with Crippen LogP contribution in [-0.2, 0) is 13.1 Å². The van der Waals surface area contributed by atoms with E-state index in [2.05, 4.69) is 35.6 Å². The van der Waals surface area contributed by atoms with Crippen molar-refractivity contribution in [1.82, 2.24) is 24.6 Å². The highest BCUT2D eigenvalue weighted by molar-refractivity contribution is 6.30. The molecule has 1 aromatic carbocycles. The fraction of sp³-hybridized carbons (Fsp3) is 0.462. The maximum atomic E-state index is 14.7. The second kappa shape index (κ2) is 8.58. The molecule has 2 aromatic heterocycles. The van der Waals surface area contributed by atoms with Gasteiger partial charge >= 0.3 is 0 Å². The molecule has 0 unspecified atom stereocenters. The van der Waals surface area contributed by atoms with Crippen LogP contribution in [0.1, 0.15) is 60.1 Å². The average Bonchev–Trinajstić information content (AvgIpc) is 3.47. The van der Waals surface area contributed by atoms with Crippen LogP contribution in [-0.4, -0.2) is 50.0 Å². The maximum absolute atomic E-state index is 14.7. The first-order chi connectivity index (χ1) is 16.9. The Morgan fingerprint density at radius 3 is 2.66 bits per heavy atom. The van der Waals surface area contributed by atoms with Crippen molar-refractivity contribution in [2.24, 2.45) is 0 Å². The molecule has 1 aliphatic carbocycles. The quantitative estimate of drug-likeness (QED) is 0.526. The van der Waals surface area contributed by atoms with Crippen LogP contribution in [0.3, 0.4) is 0 Å². The average molecular weight is 492 g/mol. The number of alkyl halides is 1. The molecule has 1 saturated heterocycles. The number of nitrogens with zero attached hydrogens (tertiary/aromatic N) is 7. The molecular weight excluding hydrogens is 465 g/mol. The van der Waals surface area contributed by atoms with Crippen LogP contribution in [0.15, 0.2) is 30.3 Å². The van der Waals surface area contributed by atoms with Gasteiger partial charge in [0, 0.05) is 37.1 Å². The molecule has 1 saturated carbocycles. The van der Waals surface area contributed by atoms with E-state index in [1.807, 2.05) is 37.3 Å². The molecular formula is C26H27ClFN7. The highest BCUT2D eigenvalue weighted by Crippen LogP contribution is 2.42. The Balaban J connectivity index is 1.27. The van der Waals surface area contributed by atoms with E-state index >= 15 is 0 Å². The summed E-state index contributed by atoms with van der Waals surface area (Å²) in [4.78, 5) is 9.05. The Morgan fingerprint density at radius 2 is 1.94 bits per heavy atom. The van der Waals surface area contributed by atoms with E-state index in [4.69, 9.17) is 11.6 Å². The predicted molar refractivity (Wildman–Crippen MR) is 131 cm³/mol. The molecule has 180 valence electrons. The third-order valence-corrected chi connectivity index (χ3v) is 7.71. The zero-order chi connectivity index (χ0) is 24.2. The summed E-state index contributed by atoms with van der Waals surface area (Å²) < 4.78 is 16.8. The van der Waals surface area contributed by atoms with Gasteiger partial charge in [-0.3, -0.25) is 9.47 Å². The van der Waals surface area contributed by atoms with Gasteiger partial charge in [-0.2, -0.15) is 5.26 Å². The summed E-state index contributed by atoms with van der Waals surface area (Å²) in [7, 11) is 0. The van der Waals surface area contributed by atoms with Crippen molar-refractivity contribution in [1.29, 1.82) is 5.26 Å². The van der Waals surface area contributed by atoms with Crippen LogP contribution >= 0.6 is 11.6 Å². The number of rotatable bonds is 4. The zero-order valence-corrected chi connectivity index (χ0v) is 20.5. The molecule has 0 radical (unpaired) electrons. The summed E-state index contributed by atoms with van der Waals surface area (Å²) in [6, 6.07) is 11.9. The molecule has 4 heterocycles. The molecule has 7 nitrogen and oxygen atoms in total. The van der Waals surface area contributed by atoms with E-state index in [1.165, 1.54) is 0 Å². The van der Waals surface area contributed by atoms with Crippen molar-refractivity contribution >= 4 is 17.4 Å². The number of piperidine rings is 1. The molecule has 35 heavy (non-hydrogen) atoms. The molecule has 3 aliphatic rings. The second-order valence-corrected chi connectivity index (χ2v) is 10.5. The number of aromatic nitrogens is 4. The van der Waals surface area contributed by atoms with E-state index in [0.717, 1.165) is 60.3 Å². The van der Waals surface area contributed by atoms with E-state index in [-0.39, 0.29) is 5.92 Å². The van der Waals surface area contributed by atoms with Gasteiger partial charge in [0.2, 0.25) is 0 Å². The lowest BCUT2D eigenvalue weighted by Gasteiger charge is -2.32. The Hall–Kier alpha value is -3.02. The molecule has 0 N–H and O–H groups in total. The Labute approximate surface area is 209 Å². The third-order valence-electron chi connectivity index (χ3n) is 7.47. The van der Waals surface area contributed by atoms with Gasteiger partial charge in [-0.15, -0.1) is 10.2 Å². The third kappa shape index (κ3) is 4.28. The van der Waals surface area contributed by atoms with E-state index in [0.29, 0.717) is 43.1 Å². The fourth-order valence-corrected chi connectivity index (χ4v) is 5.57. The zero-order valence-electron chi connectivity index (χ0n) is 19.7. The van der Waals surface area contributed by atoms with Crippen LogP contribution in [0.25, 0.3) is 5.69 Å². The lowest BCUT2D eigenvalue weighted by molar-refractivity contribution is 0.162. The summed E-state index contributed by atoms with van der Waals surface area (Å²) >= 11 is 6.35. The molecule has 0 spiro atoms. The van der Waals surface area contributed by atoms with Gasteiger partial charge in [-0.25, -0.2) is 9.37 Å².